The van der Waals surface area contributed by atoms with Gasteiger partial charge in [-0.3, -0.25) is 0 Å². The van der Waals surface area contributed by atoms with Gasteiger partial charge in [-0.15, -0.1) is 0 Å². The Morgan fingerprint density at radius 3 is 2.74 bits per heavy atom. The van der Waals surface area contributed by atoms with E-state index >= 15 is 0 Å². The zero-order chi connectivity index (χ0) is 19.8. The minimum absolute atomic E-state index is 0.0288. The minimum Gasteiger partial charge on any atom is -0.493 e. The number of fused-ring (bicyclic) bond motifs is 3. The molecule has 0 radical (unpaired) electrons. The van der Waals surface area contributed by atoms with Crippen LogP contribution in [0.15, 0.2) is 12.1 Å². The van der Waals surface area contributed by atoms with Gasteiger partial charge in [0, 0.05) is 19.2 Å². The van der Waals surface area contributed by atoms with Crippen LogP contribution in [0.1, 0.15) is 57.6 Å². The monoisotopic (exact) mass is 377 g/mol. The Balaban J connectivity index is 1.97. The maximum atomic E-state index is 12.4. The molecule has 1 aromatic carbocycles. The largest absolute Gasteiger partial charge is 0.493 e. The number of aliphatic hydroxyl groups is 1. The van der Waals surface area contributed by atoms with Crippen molar-refractivity contribution >= 4 is 6.09 Å². The fraction of sp³-hybridized carbons (Fsp3) is 0.667. The average Bonchev–Trinajstić information content (AvgIpc) is 2.96. The molecule has 1 aliphatic carbocycles. The Morgan fingerprint density at radius 2 is 2.11 bits per heavy atom. The van der Waals surface area contributed by atoms with E-state index in [0.29, 0.717) is 18.0 Å². The predicted molar refractivity (Wildman–Crippen MR) is 102 cm³/mol. The molecule has 0 unspecified atom stereocenters. The van der Waals surface area contributed by atoms with E-state index in [1.807, 2.05) is 32.9 Å². The van der Waals surface area contributed by atoms with Crippen LogP contribution in [0.25, 0.3) is 0 Å². The van der Waals surface area contributed by atoms with Crippen molar-refractivity contribution in [2.45, 2.75) is 70.1 Å². The van der Waals surface area contributed by atoms with Gasteiger partial charge in [0.25, 0.3) is 0 Å². The van der Waals surface area contributed by atoms with Gasteiger partial charge in [0.15, 0.2) is 11.5 Å². The SMILES string of the molecule is COc1ccc(CN(C)C(=O)OC(C)(C)C)c2c1O[C@H]1CCCC[C@@]21CO. The highest BCUT2D eigenvalue weighted by Gasteiger charge is 2.52. The van der Waals surface area contributed by atoms with Gasteiger partial charge in [-0.25, -0.2) is 4.79 Å². The van der Waals surface area contributed by atoms with Crippen molar-refractivity contribution in [3.8, 4) is 11.5 Å². The van der Waals surface area contributed by atoms with Crippen LogP contribution in [0, 0.1) is 0 Å². The molecule has 0 aromatic heterocycles. The molecule has 2 aliphatic rings. The maximum Gasteiger partial charge on any atom is 0.410 e. The summed E-state index contributed by atoms with van der Waals surface area (Å²) >= 11 is 0. The Kier molecular flexibility index (Phi) is 5.30. The van der Waals surface area contributed by atoms with Crippen molar-refractivity contribution in [2.75, 3.05) is 20.8 Å². The molecule has 150 valence electrons. The van der Waals surface area contributed by atoms with Gasteiger partial charge < -0.3 is 24.2 Å². The van der Waals surface area contributed by atoms with Crippen molar-refractivity contribution in [2.24, 2.45) is 0 Å². The average molecular weight is 377 g/mol. The molecule has 27 heavy (non-hydrogen) atoms. The molecule has 2 atom stereocenters. The van der Waals surface area contributed by atoms with Crippen molar-refractivity contribution < 1.29 is 24.1 Å². The second-order valence-corrected chi connectivity index (χ2v) is 8.63. The Hall–Kier alpha value is -1.95. The second kappa shape index (κ2) is 7.23. The van der Waals surface area contributed by atoms with Gasteiger partial charge in [0.05, 0.1) is 19.1 Å². The highest BCUT2D eigenvalue weighted by molar-refractivity contribution is 5.68. The molecular weight excluding hydrogens is 346 g/mol. The number of amides is 1. The fourth-order valence-corrected chi connectivity index (χ4v) is 4.29. The molecule has 0 spiro atoms. The van der Waals surface area contributed by atoms with Gasteiger partial charge in [0.2, 0.25) is 0 Å². The van der Waals surface area contributed by atoms with E-state index in [1.165, 1.54) is 0 Å². The number of carbonyl (C=O) groups is 1. The van der Waals surface area contributed by atoms with E-state index in [-0.39, 0.29) is 18.8 Å². The first kappa shape index (κ1) is 19.8. The normalized spacial score (nSPS) is 23.9. The van der Waals surface area contributed by atoms with Crippen LogP contribution in [0.2, 0.25) is 0 Å². The molecule has 0 saturated heterocycles. The summed E-state index contributed by atoms with van der Waals surface area (Å²) in [7, 11) is 3.35. The molecule has 6 nitrogen and oxygen atoms in total. The summed E-state index contributed by atoms with van der Waals surface area (Å²) in [5.41, 5.74) is 0.991. The molecule has 1 aromatic rings. The lowest BCUT2D eigenvalue weighted by Crippen LogP contribution is -2.44. The molecule has 1 saturated carbocycles. The van der Waals surface area contributed by atoms with Crippen LogP contribution in [-0.2, 0) is 16.7 Å². The smallest absolute Gasteiger partial charge is 0.410 e. The molecule has 6 heteroatoms. The Morgan fingerprint density at radius 1 is 1.37 bits per heavy atom. The Bertz CT molecular complexity index is 711. The number of hydrogen-bond donors (Lipinski definition) is 1. The van der Waals surface area contributed by atoms with Crippen LogP contribution in [-0.4, -0.2) is 48.6 Å². The summed E-state index contributed by atoms with van der Waals surface area (Å²) in [6, 6.07) is 3.84. The van der Waals surface area contributed by atoms with E-state index in [1.54, 1.807) is 19.1 Å². The number of carbonyl (C=O) groups excluding carboxylic acids is 1. The Labute approximate surface area is 161 Å². The van der Waals surface area contributed by atoms with Gasteiger partial charge in [0.1, 0.15) is 11.7 Å². The lowest BCUT2D eigenvalue weighted by molar-refractivity contribution is 0.0282. The second-order valence-electron chi connectivity index (χ2n) is 8.63. The van der Waals surface area contributed by atoms with Gasteiger partial charge in [-0.1, -0.05) is 12.5 Å². The third-order valence-corrected chi connectivity index (χ3v) is 5.54. The predicted octanol–water partition coefficient (Wildman–Crippen LogP) is 3.63. The first-order valence-corrected chi connectivity index (χ1v) is 9.64. The zero-order valence-electron chi connectivity index (χ0n) is 17.0. The van der Waals surface area contributed by atoms with Crippen molar-refractivity contribution in [3.05, 3.63) is 23.3 Å². The third-order valence-electron chi connectivity index (χ3n) is 5.54. The lowest BCUT2D eigenvalue weighted by atomic mass is 9.68. The number of ether oxygens (including phenoxy) is 3. The number of aliphatic hydroxyl groups excluding tert-OH is 1. The zero-order valence-corrected chi connectivity index (χ0v) is 17.0. The molecule has 1 aliphatic heterocycles. The topological polar surface area (TPSA) is 68.2 Å². The van der Waals surface area contributed by atoms with E-state index < -0.39 is 11.0 Å². The van der Waals surface area contributed by atoms with E-state index in [0.717, 1.165) is 36.8 Å². The number of rotatable bonds is 4. The summed E-state index contributed by atoms with van der Waals surface area (Å²) in [5, 5.41) is 10.4. The van der Waals surface area contributed by atoms with Crippen molar-refractivity contribution in [1.82, 2.24) is 4.90 Å². The molecule has 1 N–H and O–H groups in total. The highest BCUT2D eigenvalue weighted by Crippen LogP contribution is 2.54. The molecule has 3 rings (SSSR count). The van der Waals surface area contributed by atoms with Crippen LogP contribution in [0.3, 0.4) is 0 Å². The van der Waals surface area contributed by atoms with Gasteiger partial charge >= 0.3 is 6.09 Å². The first-order valence-electron chi connectivity index (χ1n) is 9.64. The van der Waals surface area contributed by atoms with E-state index in [2.05, 4.69) is 0 Å². The van der Waals surface area contributed by atoms with E-state index in [4.69, 9.17) is 14.2 Å². The summed E-state index contributed by atoms with van der Waals surface area (Å²) in [4.78, 5) is 14.0. The van der Waals surface area contributed by atoms with Crippen LogP contribution in [0.5, 0.6) is 11.5 Å². The fourth-order valence-electron chi connectivity index (χ4n) is 4.29. The van der Waals surface area contributed by atoms with E-state index in [9.17, 15) is 9.90 Å². The summed E-state index contributed by atoms with van der Waals surface area (Å²) in [6.07, 6.45) is 3.52. The maximum absolute atomic E-state index is 12.4. The van der Waals surface area contributed by atoms with Gasteiger partial charge in [-0.05, 0) is 51.7 Å². The van der Waals surface area contributed by atoms with Crippen LogP contribution in [0.4, 0.5) is 4.79 Å². The third kappa shape index (κ3) is 3.59. The van der Waals surface area contributed by atoms with Crippen molar-refractivity contribution in [3.63, 3.8) is 0 Å². The standard InChI is InChI=1S/C21H31NO5/c1-20(2,3)27-19(24)22(4)12-14-9-10-15(25-5)18-17(14)21(13-23)11-7-6-8-16(21)26-18/h9-10,16,23H,6-8,11-13H2,1-5H3/t16-,21-/m0/s1. The molecule has 1 fully saturated rings. The quantitative estimate of drug-likeness (QED) is 0.868. The number of hydrogen-bond acceptors (Lipinski definition) is 5. The summed E-state index contributed by atoms with van der Waals surface area (Å²) < 4.78 is 17.3. The minimum atomic E-state index is -0.545. The van der Waals surface area contributed by atoms with Crippen LogP contribution >= 0.6 is 0 Å². The number of nitrogens with zero attached hydrogens (tertiary/aromatic N) is 1. The lowest BCUT2D eigenvalue weighted by Gasteiger charge is -2.37. The summed E-state index contributed by atoms with van der Waals surface area (Å²) in [5.74, 6) is 1.39. The van der Waals surface area contributed by atoms with Crippen molar-refractivity contribution in [1.29, 1.82) is 0 Å². The molecular formula is C21H31NO5. The van der Waals surface area contributed by atoms with Crippen LogP contribution < -0.4 is 9.47 Å². The highest BCUT2D eigenvalue weighted by atomic mass is 16.6. The number of methoxy groups -OCH3 is 1. The number of benzene rings is 1. The summed E-state index contributed by atoms with van der Waals surface area (Å²) in [6.45, 7) is 5.97. The first-order chi connectivity index (χ1) is 12.7. The molecule has 1 amide bonds. The van der Waals surface area contributed by atoms with Gasteiger partial charge in [-0.2, -0.15) is 0 Å². The molecule has 1 heterocycles. The molecule has 0 bridgehead atoms.